The zero-order valence-electron chi connectivity index (χ0n) is 11.3. The Labute approximate surface area is 120 Å². The monoisotopic (exact) mass is 293 g/mol. The molecular weight excluding hydrogens is 278 g/mol. The molecule has 0 aromatic carbocycles. The molecule has 106 valence electrons. The molecule has 1 saturated carbocycles. The Morgan fingerprint density at radius 3 is 2.60 bits per heavy atom. The Balaban J connectivity index is 1.93. The van der Waals surface area contributed by atoms with Gasteiger partial charge < -0.3 is 0 Å². The van der Waals surface area contributed by atoms with Gasteiger partial charge in [-0.3, -0.25) is 19.8 Å². The van der Waals surface area contributed by atoms with Gasteiger partial charge >= 0.3 is 6.03 Å². The van der Waals surface area contributed by atoms with Crippen LogP contribution in [-0.2, 0) is 9.59 Å². The van der Waals surface area contributed by atoms with Crippen LogP contribution >= 0.6 is 11.3 Å². The molecule has 1 aliphatic heterocycles. The molecule has 7 heteroatoms. The molecular formula is C13H15N3O3S. The maximum atomic E-state index is 12.6. The van der Waals surface area contributed by atoms with E-state index in [2.05, 4.69) is 10.3 Å². The molecule has 3 rings (SSSR count). The Bertz CT molecular complexity index is 606. The number of carbonyl (C=O) groups is 3. The third-order valence-corrected chi connectivity index (χ3v) is 5.18. The number of hydrogen-bond donors (Lipinski definition) is 1. The first-order valence-electron chi connectivity index (χ1n) is 6.57. The second-order valence-corrected chi connectivity index (χ2v) is 6.62. The number of amides is 4. The Morgan fingerprint density at radius 1 is 1.40 bits per heavy atom. The molecule has 1 aliphatic carbocycles. The first-order valence-corrected chi connectivity index (χ1v) is 7.39. The van der Waals surface area contributed by atoms with Crippen LogP contribution in [0.15, 0.2) is 6.20 Å². The summed E-state index contributed by atoms with van der Waals surface area (Å²) >= 11 is 1.45. The van der Waals surface area contributed by atoms with Crippen molar-refractivity contribution in [2.75, 3.05) is 0 Å². The number of urea groups is 1. The van der Waals surface area contributed by atoms with Crippen LogP contribution in [0.3, 0.4) is 0 Å². The van der Waals surface area contributed by atoms with Gasteiger partial charge in [-0.2, -0.15) is 0 Å². The zero-order valence-corrected chi connectivity index (χ0v) is 12.1. The van der Waals surface area contributed by atoms with Crippen molar-refractivity contribution in [1.29, 1.82) is 0 Å². The van der Waals surface area contributed by atoms with Crippen molar-refractivity contribution in [3.8, 4) is 0 Å². The molecule has 2 fully saturated rings. The van der Waals surface area contributed by atoms with Gasteiger partial charge in [-0.15, -0.1) is 11.3 Å². The van der Waals surface area contributed by atoms with Gasteiger partial charge in [0, 0.05) is 11.1 Å². The molecule has 1 saturated heterocycles. The summed E-state index contributed by atoms with van der Waals surface area (Å²) in [5.41, 5.74) is -1.02. The molecule has 0 bridgehead atoms. The number of imide groups is 2. The van der Waals surface area contributed by atoms with Gasteiger partial charge in [-0.05, 0) is 26.7 Å². The lowest BCUT2D eigenvalue weighted by atomic mass is 9.66. The van der Waals surface area contributed by atoms with Gasteiger partial charge in [0.25, 0.3) is 0 Å². The largest absolute Gasteiger partial charge is 0.331 e. The highest BCUT2D eigenvalue weighted by molar-refractivity contribution is 7.11. The van der Waals surface area contributed by atoms with Crippen LogP contribution in [-0.4, -0.2) is 27.7 Å². The van der Waals surface area contributed by atoms with E-state index in [9.17, 15) is 14.4 Å². The van der Waals surface area contributed by atoms with Crippen LogP contribution < -0.4 is 5.32 Å². The highest BCUT2D eigenvalue weighted by Gasteiger charge is 2.58. The molecule has 2 aliphatic rings. The number of barbiturate groups is 1. The van der Waals surface area contributed by atoms with Gasteiger partial charge in [0.2, 0.25) is 11.8 Å². The predicted molar refractivity (Wildman–Crippen MR) is 71.9 cm³/mol. The molecule has 1 aromatic heterocycles. The molecule has 1 spiro atoms. The van der Waals surface area contributed by atoms with Crippen LogP contribution in [0.4, 0.5) is 4.79 Å². The summed E-state index contributed by atoms with van der Waals surface area (Å²) in [6.07, 6.45) is 3.59. The van der Waals surface area contributed by atoms with Crippen molar-refractivity contribution in [2.24, 2.45) is 5.41 Å². The van der Waals surface area contributed by atoms with E-state index in [1.54, 1.807) is 13.1 Å². The number of hydrogen-bond acceptors (Lipinski definition) is 5. The minimum Gasteiger partial charge on any atom is -0.277 e. The zero-order chi connectivity index (χ0) is 14.5. The lowest BCUT2D eigenvalue weighted by molar-refractivity contribution is -0.159. The highest BCUT2D eigenvalue weighted by Crippen LogP contribution is 2.46. The van der Waals surface area contributed by atoms with Crippen molar-refractivity contribution in [2.45, 2.75) is 39.2 Å². The topological polar surface area (TPSA) is 79.4 Å². The molecule has 1 aromatic rings. The second kappa shape index (κ2) is 4.37. The lowest BCUT2D eigenvalue weighted by Gasteiger charge is -2.45. The summed E-state index contributed by atoms with van der Waals surface area (Å²) in [4.78, 5) is 42.9. The number of aryl methyl sites for hydroxylation is 1. The molecule has 1 atom stereocenters. The molecule has 1 unspecified atom stereocenters. The Hall–Kier alpha value is -1.76. The molecule has 6 nitrogen and oxygen atoms in total. The van der Waals surface area contributed by atoms with Crippen LogP contribution in [0.25, 0.3) is 0 Å². The molecule has 0 radical (unpaired) electrons. The standard InChI is InChI=1S/C13H15N3O3S/c1-7-6-14-9(20-7)8(2)16-11(18)13(4-3-5-13)10(17)15-12(16)19/h6,8H,3-5H2,1-2H3,(H,15,17,19). The SMILES string of the molecule is Cc1cnc(C(C)N2C(=O)NC(=O)C3(CCC3)C2=O)s1. The van der Waals surface area contributed by atoms with Gasteiger partial charge in [0.15, 0.2) is 0 Å². The van der Waals surface area contributed by atoms with E-state index < -0.39 is 23.4 Å². The van der Waals surface area contributed by atoms with Crippen molar-refractivity contribution >= 4 is 29.2 Å². The molecule has 2 heterocycles. The normalized spacial score (nSPS) is 22.7. The summed E-state index contributed by atoms with van der Waals surface area (Å²) in [6, 6.07) is -1.09. The van der Waals surface area contributed by atoms with Crippen molar-refractivity contribution in [3.05, 3.63) is 16.1 Å². The van der Waals surface area contributed by atoms with Crippen LogP contribution in [0.1, 0.15) is 42.1 Å². The van der Waals surface area contributed by atoms with Crippen LogP contribution in [0, 0.1) is 12.3 Å². The quantitative estimate of drug-likeness (QED) is 0.843. The molecule has 20 heavy (non-hydrogen) atoms. The maximum Gasteiger partial charge on any atom is 0.331 e. The fraction of sp³-hybridized carbons (Fsp3) is 0.538. The van der Waals surface area contributed by atoms with Gasteiger partial charge in [-0.1, -0.05) is 6.42 Å². The van der Waals surface area contributed by atoms with Crippen molar-refractivity contribution in [1.82, 2.24) is 15.2 Å². The van der Waals surface area contributed by atoms with Crippen LogP contribution in [0.2, 0.25) is 0 Å². The average Bonchev–Trinajstić information content (AvgIpc) is 2.73. The summed E-state index contributed by atoms with van der Waals surface area (Å²) < 4.78 is 0. The number of rotatable bonds is 2. The van der Waals surface area contributed by atoms with E-state index in [4.69, 9.17) is 0 Å². The third-order valence-electron chi connectivity index (χ3n) is 4.09. The average molecular weight is 293 g/mol. The third kappa shape index (κ3) is 1.69. The summed E-state index contributed by atoms with van der Waals surface area (Å²) in [6.45, 7) is 3.68. The summed E-state index contributed by atoms with van der Waals surface area (Å²) in [5.74, 6) is -0.824. The summed E-state index contributed by atoms with van der Waals surface area (Å²) in [7, 11) is 0. The number of thiazole rings is 1. The van der Waals surface area contributed by atoms with E-state index in [-0.39, 0.29) is 5.91 Å². The van der Waals surface area contributed by atoms with E-state index in [0.29, 0.717) is 17.8 Å². The first kappa shape index (κ1) is 13.2. The van der Waals surface area contributed by atoms with Crippen molar-refractivity contribution < 1.29 is 14.4 Å². The van der Waals surface area contributed by atoms with Gasteiger partial charge in [0.05, 0.1) is 6.04 Å². The van der Waals surface area contributed by atoms with E-state index in [0.717, 1.165) is 16.2 Å². The minimum absolute atomic E-state index is 0.377. The summed E-state index contributed by atoms with van der Waals surface area (Å²) in [5, 5.41) is 3.02. The predicted octanol–water partition coefficient (Wildman–Crippen LogP) is 1.76. The number of nitrogens with zero attached hydrogens (tertiary/aromatic N) is 2. The minimum atomic E-state index is -1.02. The van der Waals surface area contributed by atoms with Crippen LogP contribution in [0.5, 0.6) is 0 Å². The number of nitrogens with one attached hydrogen (secondary N) is 1. The van der Waals surface area contributed by atoms with Gasteiger partial charge in [0.1, 0.15) is 10.4 Å². The van der Waals surface area contributed by atoms with Crippen molar-refractivity contribution in [3.63, 3.8) is 0 Å². The number of carbonyl (C=O) groups excluding carboxylic acids is 3. The smallest absolute Gasteiger partial charge is 0.277 e. The molecule has 1 N–H and O–H groups in total. The Kier molecular flexibility index (Phi) is 2.89. The first-order chi connectivity index (χ1) is 9.45. The fourth-order valence-corrected chi connectivity index (χ4v) is 3.51. The maximum absolute atomic E-state index is 12.6. The highest BCUT2D eigenvalue weighted by atomic mass is 32.1. The van der Waals surface area contributed by atoms with E-state index >= 15 is 0 Å². The van der Waals surface area contributed by atoms with E-state index in [1.165, 1.54) is 11.3 Å². The molecule has 4 amide bonds. The second-order valence-electron chi connectivity index (χ2n) is 5.36. The lowest BCUT2D eigenvalue weighted by Crippen LogP contribution is -2.66. The fourth-order valence-electron chi connectivity index (χ4n) is 2.70. The van der Waals surface area contributed by atoms with E-state index in [1.807, 2.05) is 6.92 Å². The van der Waals surface area contributed by atoms with Gasteiger partial charge in [-0.25, -0.2) is 9.78 Å². The Morgan fingerprint density at radius 2 is 2.10 bits per heavy atom. The number of aromatic nitrogens is 1.